The van der Waals surface area contributed by atoms with Crippen molar-refractivity contribution in [3.05, 3.63) is 21.9 Å². The molecule has 2 fully saturated rings. The van der Waals surface area contributed by atoms with E-state index in [0.717, 1.165) is 50.4 Å². The van der Waals surface area contributed by atoms with E-state index in [1.54, 1.807) is 6.07 Å². The van der Waals surface area contributed by atoms with E-state index in [-0.39, 0.29) is 22.2 Å². The summed E-state index contributed by atoms with van der Waals surface area (Å²) in [6, 6.07) is 3.31. The molecular weight excluding hydrogens is 290 g/mol. The fraction of sp³-hybridized carbons (Fsp3) is 0.600. The van der Waals surface area contributed by atoms with E-state index in [2.05, 4.69) is 6.92 Å². The Morgan fingerprint density at radius 3 is 2.57 bits per heavy atom. The van der Waals surface area contributed by atoms with Gasteiger partial charge in [-0.1, -0.05) is 0 Å². The average Bonchev–Trinajstić information content (AvgIpc) is 3.07. The molecule has 1 unspecified atom stereocenters. The SMILES string of the molecule is CC1N(C(=O)c2ccc(C(=O)O)s2)CCC12CCOCC2. The third-order valence-electron chi connectivity index (χ3n) is 4.98. The molecule has 0 aliphatic carbocycles. The van der Waals surface area contributed by atoms with Crippen molar-refractivity contribution in [2.24, 2.45) is 5.41 Å². The molecule has 1 aromatic rings. The van der Waals surface area contributed by atoms with Crippen molar-refractivity contribution in [2.75, 3.05) is 19.8 Å². The third kappa shape index (κ3) is 2.46. The van der Waals surface area contributed by atoms with Crippen molar-refractivity contribution < 1.29 is 19.4 Å². The van der Waals surface area contributed by atoms with E-state index < -0.39 is 5.97 Å². The van der Waals surface area contributed by atoms with Crippen LogP contribution in [-0.2, 0) is 4.74 Å². The van der Waals surface area contributed by atoms with Gasteiger partial charge in [0.25, 0.3) is 5.91 Å². The van der Waals surface area contributed by atoms with Gasteiger partial charge in [-0.3, -0.25) is 4.79 Å². The maximum absolute atomic E-state index is 12.6. The highest BCUT2D eigenvalue weighted by atomic mass is 32.1. The fourth-order valence-electron chi connectivity index (χ4n) is 3.51. The number of thiophene rings is 1. The summed E-state index contributed by atoms with van der Waals surface area (Å²) in [5.74, 6) is -1.02. The van der Waals surface area contributed by atoms with Crippen LogP contribution in [0, 0.1) is 5.41 Å². The number of rotatable bonds is 2. The molecule has 0 radical (unpaired) electrons. The van der Waals surface area contributed by atoms with Crippen LogP contribution < -0.4 is 0 Å². The number of likely N-dealkylation sites (tertiary alicyclic amines) is 1. The van der Waals surface area contributed by atoms with Gasteiger partial charge in [0.15, 0.2) is 0 Å². The Morgan fingerprint density at radius 2 is 1.95 bits per heavy atom. The van der Waals surface area contributed by atoms with Gasteiger partial charge in [0.05, 0.1) is 4.88 Å². The monoisotopic (exact) mass is 309 g/mol. The minimum atomic E-state index is -0.977. The molecule has 1 amide bonds. The summed E-state index contributed by atoms with van der Waals surface area (Å²) < 4.78 is 5.45. The molecule has 3 rings (SSSR count). The van der Waals surface area contributed by atoms with Crippen LogP contribution in [-0.4, -0.2) is 47.7 Å². The summed E-state index contributed by atoms with van der Waals surface area (Å²) in [5.41, 5.74) is 0.181. The van der Waals surface area contributed by atoms with E-state index in [1.807, 2.05) is 4.90 Å². The minimum absolute atomic E-state index is 0.0385. The van der Waals surface area contributed by atoms with Gasteiger partial charge < -0.3 is 14.7 Å². The van der Waals surface area contributed by atoms with Crippen LogP contribution in [0.4, 0.5) is 0 Å². The van der Waals surface area contributed by atoms with Gasteiger partial charge in [-0.05, 0) is 43.7 Å². The first kappa shape index (κ1) is 14.5. The molecule has 3 heterocycles. The van der Waals surface area contributed by atoms with Crippen molar-refractivity contribution in [1.82, 2.24) is 4.90 Å². The molecule has 114 valence electrons. The highest BCUT2D eigenvalue weighted by Crippen LogP contribution is 2.45. The maximum atomic E-state index is 12.6. The normalized spacial score (nSPS) is 24.4. The number of aromatic carboxylic acids is 1. The third-order valence-corrected chi connectivity index (χ3v) is 6.04. The second-order valence-corrected chi connectivity index (χ2v) is 6.95. The summed E-state index contributed by atoms with van der Waals surface area (Å²) in [4.78, 5) is 26.2. The highest BCUT2D eigenvalue weighted by molar-refractivity contribution is 7.15. The molecule has 5 nitrogen and oxygen atoms in total. The lowest BCUT2D eigenvalue weighted by Crippen LogP contribution is -2.43. The summed E-state index contributed by atoms with van der Waals surface area (Å²) in [6.45, 7) is 4.41. The van der Waals surface area contributed by atoms with Crippen LogP contribution in [0.25, 0.3) is 0 Å². The Bertz CT molecular complexity index is 562. The van der Waals surface area contributed by atoms with Gasteiger partial charge in [0.2, 0.25) is 0 Å². The van der Waals surface area contributed by atoms with Gasteiger partial charge in [-0.15, -0.1) is 11.3 Å². The van der Waals surface area contributed by atoms with Crippen LogP contribution in [0.5, 0.6) is 0 Å². The molecule has 6 heteroatoms. The molecule has 0 aromatic carbocycles. The largest absolute Gasteiger partial charge is 0.477 e. The first-order chi connectivity index (χ1) is 10.0. The summed E-state index contributed by atoms with van der Waals surface area (Å²) in [6.07, 6.45) is 3.02. The number of ether oxygens (including phenoxy) is 1. The lowest BCUT2D eigenvalue weighted by atomic mass is 9.74. The first-order valence-corrected chi connectivity index (χ1v) is 8.07. The summed E-state index contributed by atoms with van der Waals surface area (Å²) in [5, 5.41) is 8.97. The zero-order chi connectivity index (χ0) is 15.0. The quantitative estimate of drug-likeness (QED) is 0.911. The van der Waals surface area contributed by atoms with Gasteiger partial charge in [-0.2, -0.15) is 0 Å². The smallest absolute Gasteiger partial charge is 0.345 e. The summed E-state index contributed by atoms with van der Waals surface area (Å²) in [7, 11) is 0. The zero-order valence-corrected chi connectivity index (χ0v) is 12.8. The zero-order valence-electron chi connectivity index (χ0n) is 12.0. The van der Waals surface area contributed by atoms with E-state index in [4.69, 9.17) is 9.84 Å². The highest BCUT2D eigenvalue weighted by Gasteiger charge is 2.47. The molecule has 2 aliphatic heterocycles. The average molecular weight is 309 g/mol. The Labute approximate surface area is 127 Å². The Balaban J connectivity index is 1.77. The van der Waals surface area contributed by atoms with Gasteiger partial charge in [-0.25, -0.2) is 4.79 Å². The van der Waals surface area contributed by atoms with Crippen molar-refractivity contribution in [3.63, 3.8) is 0 Å². The van der Waals surface area contributed by atoms with Gasteiger partial charge in [0, 0.05) is 25.8 Å². The van der Waals surface area contributed by atoms with Crippen molar-refractivity contribution in [2.45, 2.75) is 32.2 Å². The second-order valence-electron chi connectivity index (χ2n) is 5.87. The Morgan fingerprint density at radius 1 is 1.29 bits per heavy atom. The topological polar surface area (TPSA) is 66.8 Å². The molecule has 1 spiro atoms. The number of carbonyl (C=O) groups is 2. The molecule has 1 N–H and O–H groups in total. The number of carbonyl (C=O) groups excluding carboxylic acids is 1. The molecule has 2 saturated heterocycles. The number of carboxylic acid groups (broad SMARTS) is 1. The number of amides is 1. The van der Waals surface area contributed by atoms with Crippen molar-refractivity contribution in [3.8, 4) is 0 Å². The lowest BCUT2D eigenvalue weighted by molar-refractivity contribution is 0.000235. The number of carboxylic acids is 1. The van der Waals surface area contributed by atoms with Crippen molar-refractivity contribution in [1.29, 1.82) is 0 Å². The fourth-order valence-corrected chi connectivity index (χ4v) is 4.31. The molecule has 1 aromatic heterocycles. The number of hydrogen-bond acceptors (Lipinski definition) is 4. The second kappa shape index (κ2) is 5.42. The van der Waals surface area contributed by atoms with Crippen LogP contribution in [0.3, 0.4) is 0 Å². The van der Waals surface area contributed by atoms with Crippen LogP contribution >= 0.6 is 11.3 Å². The predicted molar refractivity (Wildman–Crippen MR) is 78.9 cm³/mol. The molecule has 0 bridgehead atoms. The van der Waals surface area contributed by atoms with Gasteiger partial charge >= 0.3 is 5.97 Å². The predicted octanol–water partition coefficient (Wildman–Crippen LogP) is 2.48. The van der Waals surface area contributed by atoms with Crippen LogP contribution in [0.2, 0.25) is 0 Å². The first-order valence-electron chi connectivity index (χ1n) is 7.25. The van der Waals surface area contributed by atoms with Crippen LogP contribution in [0.1, 0.15) is 45.5 Å². The number of nitrogens with zero attached hydrogens (tertiary/aromatic N) is 1. The van der Waals surface area contributed by atoms with E-state index in [1.165, 1.54) is 6.07 Å². The summed E-state index contributed by atoms with van der Waals surface area (Å²) >= 11 is 1.06. The standard InChI is InChI=1S/C15H19NO4S/c1-10-15(5-8-20-9-6-15)4-7-16(10)13(17)11-2-3-12(21-11)14(18)19/h2-3,10H,4-9H2,1H3,(H,18,19). The van der Waals surface area contributed by atoms with Crippen molar-refractivity contribution >= 4 is 23.2 Å². The van der Waals surface area contributed by atoms with E-state index >= 15 is 0 Å². The molecule has 2 aliphatic rings. The maximum Gasteiger partial charge on any atom is 0.345 e. The Hall–Kier alpha value is -1.40. The molecule has 21 heavy (non-hydrogen) atoms. The Kier molecular flexibility index (Phi) is 3.75. The number of hydrogen-bond donors (Lipinski definition) is 1. The van der Waals surface area contributed by atoms with E-state index in [0.29, 0.717) is 4.88 Å². The molecule has 0 saturated carbocycles. The van der Waals surface area contributed by atoms with Gasteiger partial charge in [0.1, 0.15) is 4.88 Å². The molecular formula is C15H19NO4S. The molecule has 1 atom stereocenters. The lowest BCUT2D eigenvalue weighted by Gasteiger charge is -2.38. The van der Waals surface area contributed by atoms with Crippen LogP contribution in [0.15, 0.2) is 12.1 Å². The van der Waals surface area contributed by atoms with E-state index in [9.17, 15) is 9.59 Å². The minimum Gasteiger partial charge on any atom is -0.477 e.